The van der Waals surface area contributed by atoms with Crippen molar-refractivity contribution in [2.45, 2.75) is 32.6 Å². The Bertz CT molecular complexity index is 1090. The molecule has 1 aromatic carbocycles. The number of fused-ring (bicyclic) bond motifs is 2. The van der Waals surface area contributed by atoms with Crippen LogP contribution in [0.2, 0.25) is 0 Å². The fourth-order valence-corrected chi connectivity index (χ4v) is 3.22. The summed E-state index contributed by atoms with van der Waals surface area (Å²) in [4.78, 5) is 28.1. The van der Waals surface area contributed by atoms with E-state index in [9.17, 15) is 9.59 Å². The predicted octanol–water partition coefficient (Wildman–Crippen LogP) is 3.01. The molecule has 26 heavy (non-hydrogen) atoms. The molecule has 3 aromatic rings. The van der Waals surface area contributed by atoms with Crippen molar-refractivity contribution >= 4 is 17.0 Å². The highest BCUT2D eigenvalue weighted by molar-refractivity contribution is 5.63. The first-order valence-electron chi connectivity index (χ1n) is 8.70. The largest absolute Gasteiger partial charge is 0.494 e. The van der Waals surface area contributed by atoms with Crippen LogP contribution in [0.1, 0.15) is 31.0 Å². The Morgan fingerprint density at radius 1 is 1.12 bits per heavy atom. The van der Waals surface area contributed by atoms with Crippen molar-refractivity contribution in [3.63, 3.8) is 0 Å². The molecule has 0 aliphatic heterocycles. The van der Waals surface area contributed by atoms with E-state index in [2.05, 4.69) is 20.3 Å². The van der Waals surface area contributed by atoms with Gasteiger partial charge in [0.2, 0.25) is 0 Å². The third kappa shape index (κ3) is 2.83. The third-order valence-corrected chi connectivity index (χ3v) is 4.49. The van der Waals surface area contributed by atoms with E-state index in [0.29, 0.717) is 17.9 Å². The number of H-pyrrole nitrogens is 2. The summed E-state index contributed by atoms with van der Waals surface area (Å²) in [6.07, 6.45) is 3.54. The maximum atomic E-state index is 12.6. The zero-order valence-corrected chi connectivity index (χ0v) is 14.4. The number of ether oxygens (including phenoxy) is 1. The summed E-state index contributed by atoms with van der Waals surface area (Å²) in [6, 6.07) is 7.09. The van der Waals surface area contributed by atoms with Crippen molar-refractivity contribution in [2.75, 3.05) is 6.61 Å². The zero-order valence-electron chi connectivity index (χ0n) is 14.4. The number of hydrogen-bond acceptors (Lipinski definition) is 5. The summed E-state index contributed by atoms with van der Waals surface area (Å²) in [5.74, 6) is 0.745. The molecule has 0 saturated carbocycles. The number of nitrogens with one attached hydrogen (secondary N) is 2. The van der Waals surface area contributed by atoms with Crippen LogP contribution in [-0.4, -0.2) is 21.2 Å². The number of nitrogens with zero attached hydrogens (tertiary/aromatic N) is 3. The summed E-state index contributed by atoms with van der Waals surface area (Å²) in [7, 11) is 0. The molecule has 0 fully saturated rings. The van der Waals surface area contributed by atoms with Gasteiger partial charge in [-0.15, -0.1) is 5.11 Å². The minimum Gasteiger partial charge on any atom is -0.494 e. The van der Waals surface area contributed by atoms with Gasteiger partial charge >= 0.3 is 0 Å². The van der Waals surface area contributed by atoms with Crippen LogP contribution in [0.4, 0.5) is 11.4 Å². The molecule has 2 aromatic heterocycles. The maximum Gasteiger partial charge on any atom is 0.294 e. The second-order valence-corrected chi connectivity index (χ2v) is 6.19. The Morgan fingerprint density at radius 3 is 2.65 bits per heavy atom. The molecule has 0 unspecified atom stereocenters. The third-order valence-electron chi connectivity index (χ3n) is 4.49. The Hall–Kier alpha value is -3.16. The molecule has 0 spiro atoms. The number of rotatable bonds is 4. The molecule has 1 aliphatic carbocycles. The maximum absolute atomic E-state index is 12.6. The van der Waals surface area contributed by atoms with Gasteiger partial charge in [0.1, 0.15) is 5.75 Å². The highest BCUT2D eigenvalue weighted by Crippen LogP contribution is 2.23. The van der Waals surface area contributed by atoms with Gasteiger partial charge in [-0.05, 0) is 56.9 Å². The van der Waals surface area contributed by atoms with Crippen molar-refractivity contribution in [2.24, 2.45) is 10.2 Å². The van der Waals surface area contributed by atoms with Crippen molar-refractivity contribution in [1.82, 2.24) is 14.6 Å². The summed E-state index contributed by atoms with van der Waals surface area (Å²) >= 11 is 0. The van der Waals surface area contributed by atoms with E-state index in [1.165, 1.54) is 4.52 Å². The van der Waals surface area contributed by atoms with E-state index < -0.39 is 5.56 Å². The Kier molecular flexibility index (Phi) is 4.16. The predicted molar refractivity (Wildman–Crippen MR) is 97.1 cm³/mol. The summed E-state index contributed by atoms with van der Waals surface area (Å²) < 4.78 is 6.62. The highest BCUT2D eigenvalue weighted by atomic mass is 16.5. The number of azo groups is 1. The van der Waals surface area contributed by atoms with Gasteiger partial charge in [0.25, 0.3) is 11.1 Å². The quantitative estimate of drug-likeness (QED) is 0.704. The van der Waals surface area contributed by atoms with Crippen molar-refractivity contribution in [1.29, 1.82) is 0 Å². The van der Waals surface area contributed by atoms with E-state index >= 15 is 0 Å². The van der Waals surface area contributed by atoms with E-state index in [4.69, 9.17) is 4.74 Å². The van der Waals surface area contributed by atoms with E-state index in [1.807, 2.05) is 6.92 Å². The fourth-order valence-electron chi connectivity index (χ4n) is 3.22. The molecule has 8 heteroatoms. The number of aryl methyl sites for hydroxylation is 1. The van der Waals surface area contributed by atoms with Crippen LogP contribution in [0.3, 0.4) is 0 Å². The molecule has 1 aliphatic rings. The smallest absolute Gasteiger partial charge is 0.294 e. The first kappa shape index (κ1) is 16.3. The van der Waals surface area contributed by atoms with Gasteiger partial charge in [-0.1, -0.05) is 0 Å². The van der Waals surface area contributed by atoms with Crippen LogP contribution >= 0.6 is 0 Å². The molecular formula is C18H19N5O3. The van der Waals surface area contributed by atoms with E-state index in [1.54, 1.807) is 24.3 Å². The fraction of sp³-hybridized carbons (Fsp3) is 0.333. The lowest BCUT2D eigenvalue weighted by molar-refractivity contribution is 0.340. The molecule has 8 nitrogen and oxygen atoms in total. The summed E-state index contributed by atoms with van der Waals surface area (Å²) in [5, 5.41) is 10.7. The van der Waals surface area contributed by atoms with Crippen molar-refractivity contribution in [3.8, 4) is 5.75 Å². The standard InChI is InChI=1S/C18H19N5O3/c1-2-26-12-9-7-11(8-10-12)20-21-15-16-19-14-6-4-3-5-13(14)18(25)23(16)22-17(15)24/h7-10,19H,2-6H2,1H3,(H,22,24). The molecule has 0 amide bonds. The second-order valence-electron chi connectivity index (χ2n) is 6.19. The van der Waals surface area contributed by atoms with Crippen LogP contribution in [0.5, 0.6) is 5.75 Å². The van der Waals surface area contributed by atoms with Gasteiger partial charge in [-0.25, -0.2) is 0 Å². The average molecular weight is 353 g/mol. The number of aromatic nitrogens is 3. The monoisotopic (exact) mass is 353 g/mol. The van der Waals surface area contributed by atoms with E-state index in [0.717, 1.165) is 42.7 Å². The molecular weight excluding hydrogens is 334 g/mol. The van der Waals surface area contributed by atoms with Crippen LogP contribution in [0, 0.1) is 0 Å². The molecule has 0 radical (unpaired) electrons. The minimum atomic E-state index is -0.449. The SMILES string of the molecule is CCOc1ccc(N=Nc2c(=O)[nH]n3c(=O)c4c([nH]c23)CCCC4)cc1. The summed E-state index contributed by atoms with van der Waals surface area (Å²) in [6.45, 7) is 2.50. The number of aromatic amines is 2. The van der Waals surface area contributed by atoms with Gasteiger partial charge < -0.3 is 9.72 Å². The Labute approximate surface area is 148 Å². The zero-order chi connectivity index (χ0) is 18.1. The lowest BCUT2D eigenvalue weighted by Gasteiger charge is -2.14. The molecule has 134 valence electrons. The molecule has 0 atom stereocenters. The van der Waals surface area contributed by atoms with Gasteiger partial charge in [-0.3, -0.25) is 14.7 Å². The normalized spacial score (nSPS) is 14.0. The van der Waals surface area contributed by atoms with Gasteiger partial charge in [0.05, 0.1) is 12.3 Å². The van der Waals surface area contributed by atoms with Crippen LogP contribution in [0.25, 0.3) is 5.65 Å². The van der Waals surface area contributed by atoms with Gasteiger partial charge in [0, 0.05) is 11.3 Å². The van der Waals surface area contributed by atoms with E-state index in [-0.39, 0.29) is 11.2 Å². The Morgan fingerprint density at radius 2 is 1.88 bits per heavy atom. The van der Waals surface area contributed by atoms with Crippen LogP contribution in [0.15, 0.2) is 44.1 Å². The number of benzene rings is 1. The molecule has 4 rings (SSSR count). The Balaban J connectivity index is 1.74. The van der Waals surface area contributed by atoms with Crippen LogP contribution < -0.4 is 15.9 Å². The van der Waals surface area contributed by atoms with Gasteiger partial charge in [-0.2, -0.15) is 9.63 Å². The molecule has 2 N–H and O–H groups in total. The van der Waals surface area contributed by atoms with Crippen molar-refractivity contribution < 1.29 is 4.74 Å². The lowest BCUT2D eigenvalue weighted by Crippen LogP contribution is -2.25. The number of hydrogen-bond donors (Lipinski definition) is 2. The van der Waals surface area contributed by atoms with Gasteiger partial charge in [0.15, 0.2) is 11.3 Å². The topological polar surface area (TPSA) is 104 Å². The minimum absolute atomic E-state index is 0.101. The van der Waals surface area contributed by atoms with Crippen LogP contribution in [-0.2, 0) is 12.8 Å². The highest BCUT2D eigenvalue weighted by Gasteiger charge is 2.19. The second kappa shape index (κ2) is 6.62. The molecule has 0 saturated heterocycles. The first-order chi connectivity index (χ1) is 12.7. The lowest BCUT2D eigenvalue weighted by atomic mass is 9.97. The molecule has 2 heterocycles. The first-order valence-corrected chi connectivity index (χ1v) is 8.70. The van der Waals surface area contributed by atoms with Crippen molar-refractivity contribution in [3.05, 3.63) is 56.2 Å². The summed E-state index contributed by atoms with van der Waals surface area (Å²) in [5.41, 5.74) is 2.04. The molecule has 0 bridgehead atoms. The average Bonchev–Trinajstić information content (AvgIpc) is 2.97.